The van der Waals surface area contributed by atoms with Gasteiger partial charge in [0.15, 0.2) is 0 Å². The summed E-state index contributed by atoms with van der Waals surface area (Å²) in [6, 6.07) is 13.5. The summed E-state index contributed by atoms with van der Waals surface area (Å²) in [6.45, 7) is 6.03. The number of methoxy groups -OCH3 is 1. The van der Waals surface area contributed by atoms with E-state index in [2.05, 4.69) is 36.3 Å². The first-order valence-electron chi connectivity index (χ1n) is 17.0. The van der Waals surface area contributed by atoms with Crippen LogP contribution >= 0.6 is 23.2 Å². The average molecular weight is 682 g/mol. The van der Waals surface area contributed by atoms with E-state index in [0.717, 1.165) is 50.0 Å². The van der Waals surface area contributed by atoms with E-state index in [-0.39, 0.29) is 11.3 Å². The molecule has 0 aliphatic heterocycles. The number of carboxylic acid groups (broad SMARTS) is 1. The first-order chi connectivity index (χ1) is 22.6. The Morgan fingerprint density at radius 2 is 1.89 bits per heavy atom. The van der Waals surface area contributed by atoms with Gasteiger partial charge in [-0.15, -0.1) is 0 Å². The molecule has 3 atom stereocenters. The van der Waals surface area contributed by atoms with Crippen molar-refractivity contribution in [1.29, 1.82) is 0 Å². The van der Waals surface area contributed by atoms with E-state index >= 15 is 0 Å². The van der Waals surface area contributed by atoms with Crippen LogP contribution in [-0.4, -0.2) is 48.5 Å². The molecule has 0 amide bonds. The molecule has 0 bridgehead atoms. The summed E-state index contributed by atoms with van der Waals surface area (Å²) in [4.78, 5) is 17.5. The predicted octanol–water partition coefficient (Wildman–Crippen LogP) is 8.88. The van der Waals surface area contributed by atoms with Crippen LogP contribution in [0.5, 0.6) is 11.5 Å². The number of pyridine rings is 1. The molecule has 1 heterocycles. The number of hydrogen-bond acceptors (Lipinski definition) is 6. The Morgan fingerprint density at radius 1 is 1.09 bits per heavy atom. The van der Waals surface area contributed by atoms with Crippen LogP contribution < -0.4 is 14.8 Å². The number of aryl methyl sites for hydroxylation is 1. The largest absolute Gasteiger partial charge is 0.493 e. The first kappa shape index (κ1) is 33.9. The Bertz CT molecular complexity index is 1590. The third-order valence-corrected chi connectivity index (χ3v) is 11.4. The number of rotatable bonds is 12. The zero-order valence-corrected chi connectivity index (χ0v) is 29.1. The highest BCUT2D eigenvalue weighted by Crippen LogP contribution is 2.57. The second kappa shape index (κ2) is 14.2. The Kier molecular flexibility index (Phi) is 10.3. The minimum atomic E-state index is -1.08. The lowest BCUT2D eigenvalue weighted by atomic mass is 9.59. The molecule has 6 rings (SSSR count). The van der Waals surface area contributed by atoms with Crippen molar-refractivity contribution >= 4 is 34.9 Å². The number of carboxylic acids is 1. The maximum Gasteiger partial charge on any atom is 0.329 e. The van der Waals surface area contributed by atoms with Crippen LogP contribution in [0.25, 0.3) is 0 Å². The molecule has 7 nitrogen and oxygen atoms in total. The summed E-state index contributed by atoms with van der Waals surface area (Å²) < 4.78 is 17.8. The van der Waals surface area contributed by atoms with Gasteiger partial charge in [-0.2, -0.15) is 0 Å². The molecule has 47 heavy (non-hydrogen) atoms. The van der Waals surface area contributed by atoms with Crippen molar-refractivity contribution in [3.05, 3.63) is 81.1 Å². The molecule has 3 aliphatic rings. The molecule has 2 N–H and O–H groups in total. The van der Waals surface area contributed by atoms with Crippen molar-refractivity contribution in [2.75, 3.05) is 32.2 Å². The van der Waals surface area contributed by atoms with Crippen LogP contribution in [0, 0.1) is 11.8 Å². The van der Waals surface area contributed by atoms with Crippen LogP contribution in [0.3, 0.4) is 0 Å². The number of nitrogens with one attached hydrogen (secondary N) is 1. The highest BCUT2D eigenvalue weighted by atomic mass is 35.5. The van der Waals surface area contributed by atoms with E-state index in [1.54, 1.807) is 19.2 Å². The molecule has 252 valence electrons. The third kappa shape index (κ3) is 6.95. The molecule has 0 saturated heterocycles. The molecule has 1 fully saturated rings. The fourth-order valence-electron chi connectivity index (χ4n) is 8.45. The Labute approximate surface area is 288 Å². The summed E-state index contributed by atoms with van der Waals surface area (Å²) in [5.74, 6) is 1.84. The number of hydrogen-bond donors (Lipinski definition) is 2. The first-order valence-corrected chi connectivity index (χ1v) is 17.7. The highest BCUT2D eigenvalue weighted by molar-refractivity contribution is 6.32. The number of ether oxygens (including phenoxy) is 3. The number of carbonyl (C=O) groups is 1. The number of aliphatic carboxylic acids is 1. The van der Waals surface area contributed by atoms with Gasteiger partial charge in [-0.3, -0.25) is 4.98 Å². The summed E-state index contributed by atoms with van der Waals surface area (Å²) in [7, 11) is 1.65. The summed E-state index contributed by atoms with van der Waals surface area (Å²) in [5, 5.41) is 15.1. The zero-order valence-electron chi connectivity index (χ0n) is 27.6. The highest BCUT2D eigenvalue weighted by Gasteiger charge is 2.54. The second-order valence-electron chi connectivity index (χ2n) is 14.0. The van der Waals surface area contributed by atoms with E-state index in [0.29, 0.717) is 60.3 Å². The number of halogens is 2. The lowest BCUT2D eigenvalue weighted by Crippen LogP contribution is -2.53. The van der Waals surface area contributed by atoms with Crippen molar-refractivity contribution in [2.45, 2.75) is 88.5 Å². The van der Waals surface area contributed by atoms with E-state index in [9.17, 15) is 9.90 Å². The van der Waals surface area contributed by atoms with Gasteiger partial charge in [0, 0.05) is 35.3 Å². The monoisotopic (exact) mass is 680 g/mol. The molecular weight excluding hydrogens is 635 g/mol. The van der Waals surface area contributed by atoms with Crippen LogP contribution in [0.15, 0.2) is 48.7 Å². The van der Waals surface area contributed by atoms with Gasteiger partial charge in [0.05, 0.1) is 18.2 Å². The van der Waals surface area contributed by atoms with Crippen molar-refractivity contribution < 1.29 is 24.1 Å². The van der Waals surface area contributed by atoms with Crippen LogP contribution in [-0.2, 0) is 27.8 Å². The second-order valence-corrected chi connectivity index (χ2v) is 14.8. The number of nitrogens with zero attached hydrogens (tertiary/aromatic N) is 1. The normalized spacial score (nSPS) is 25.6. The van der Waals surface area contributed by atoms with E-state index in [1.165, 1.54) is 28.8 Å². The maximum absolute atomic E-state index is 12.9. The molecule has 1 unspecified atom stereocenters. The summed E-state index contributed by atoms with van der Waals surface area (Å²) in [5.41, 5.74) is 4.36. The molecule has 1 aromatic heterocycles. The van der Waals surface area contributed by atoms with Crippen molar-refractivity contribution in [3.63, 3.8) is 0 Å². The standard InChI is InChI=1S/C38H46Cl2N2O5/c1-24(23-47-33-10-15-41-32-9-4-6-25(2)35(32)33)18-27-19-26-20-31(40)34(46-17-16-45-3)22-30(26)37(27)11-13-38(14-12-37,36(43)44)42-29-8-5-7-28(39)21-29/h5,7-8,10,15,20-22,24-25,27,42H,4,6,9,11-14,16-19,23H2,1-3H3,(H,43,44)/t24-,25-,27?,37?,38?/m1/s1. The lowest BCUT2D eigenvalue weighted by molar-refractivity contribution is -0.144. The van der Waals surface area contributed by atoms with Crippen molar-refractivity contribution in [3.8, 4) is 11.5 Å². The average Bonchev–Trinajstić information content (AvgIpc) is 3.32. The van der Waals surface area contributed by atoms with Crippen molar-refractivity contribution in [1.82, 2.24) is 4.98 Å². The zero-order chi connectivity index (χ0) is 33.2. The lowest BCUT2D eigenvalue weighted by Gasteiger charge is -2.47. The molecule has 3 aliphatic carbocycles. The third-order valence-electron chi connectivity index (χ3n) is 10.9. The molecule has 1 spiro atoms. The fraction of sp³-hybridized carbons (Fsp3) is 0.526. The molecule has 3 aromatic rings. The minimum absolute atomic E-state index is 0.202. The summed E-state index contributed by atoms with van der Waals surface area (Å²) >= 11 is 13.0. The minimum Gasteiger partial charge on any atom is -0.493 e. The quantitative estimate of drug-likeness (QED) is 0.185. The Morgan fingerprint density at radius 3 is 2.64 bits per heavy atom. The predicted molar refractivity (Wildman–Crippen MR) is 186 cm³/mol. The number of fused-ring (bicyclic) bond motifs is 3. The van der Waals surface area contributed by atoms with Crippen LogP contribution in [0.4, 0.5) is 5.69 Å². The van der Waals surface area contributed by atoms with Gasteiger partial charge < -0.3 is 24.6 Å². The van der Waals surface area contributed by atoms with Gasteiger partial charge in [-0.25, -0.2) is 4.79 Å². The van der Waals surface area contributed by atoms with Gasteiger partial charge in [0.2, 0.25) is 0 Å². The molecule has 2 aromatic carbocycles. The molecule has 1 saturated carbocycles. The number of benzene rings is 2. The molecule has 0 radical (unpaired) electrons. The van der Waals surface area contributed by atoms with Crippen molar-refractivity contribution in [2.24, 2.45) is 11.8 Å². The van der Waals surface area contributed by atoms with Gasteiger partial charge >= 0.3 is 5.97 Å². The number of anilines is 1. The molecule has 9 heteroatoms. The van der Waals surface area contributed by atoms with E-state index < -0.39 is 11.5 Å². The Hall–Kier alpha value is -3.00. The SMILES string of the molecule is COCCOc1cc2c(cc1Cl)CC(C[C@@H](C)COc1ccnc3c1[C@H](C)CCC3)C21CCC(Nc2cccc(Cl)c2)(C(=O)O)CC1. The van der Waals surface area contributed by atoms with Gasteiger partial charge in [0.1, 0.15) is 23.6 Å². The smallest absolute Gasteiger partial charge is 0.329 e. The summed E-state index contributed by atoms with van der Waals surface area (Å²) in [6.07, 6.45) is 9.50. The van der Waals surface area contributed by atoms with Crippen LogP contribution in [0.2, 0.25) is 10.0 Å². The van der Waals surface area contributed by atoms with Gasteiger partial charge in [-0.05, 0) is 128 Å². The fourth-order valence-corrected chi connectivity index (χ4v) is 8.88. The Balaban J connectivity index is 1.25. The topological polar surface area (TPSA) is 89.9 Å². The maximum atomic E-state index is 12.9. The number of aromatic nitrogens is 1. The van der Waals surface area contributed by atoms with Gasteiger partial charge in [-0.1, -0.05) is 43.1 Å². The molecular formula is C38H46Cl2N2O5. The van der Waals surface area contributed by atoms with Gasteiger partial charge in [0.25, 0.3) is 0 Å². The van der Waals surface area contributed by atoms with E-state index in [1.807, 2.05) is 24.4 Å². The van der Waals surface area contributed by atoms with Crippen LogP contribution in [0.1, 0.15) is 87.1 Å². The van der Waals surface area contributed by atoms with E-state index in [4.69, 9.17) is 37.4 Å².